The molecule has 0 fully saturated rings. The number of fused-ring (bicyclic) bond motifs is 1. The van der Waals surface area contributed by atoms with Crippen LogP contribution in [0.2, 0.25) is 0 Å². The molecule has 1 atom stereocenters. The molecule has 0 spiro atoms. The summed E-state index contributed by atoms with van der Waals surface area (Å²) in [6.45, 7) is 0.610. The fourth-order valence-corrected chi connectivity index (χ4v) is 5.96. The van der Waals surface area contributed by atoms with Gasteiger partial charge in [-0.1, -0.05) is 36.4 Å². The standard InChI is InChI=1S/C38H34F4N6O4/c1-46(2)15-16-47(22-33(44)49)36(51)25-11-9-23(10-12-25)21-48-32(27-6-3-5-24(17-27)20-43)18-26-13-14-28(19-30(26)37(48)52)45-35(50)29-7-4-8-31(34(29)39)38(40,41)42/h3-14,17,19,32H,15-16,18,21-22H2,1-2H3,(H2,44,49)(H,45,50). The molecule has 1 aliphatic rings. The van der Waals surface area contributed by atoms with Crippen molar-refractivity contribution in [2.75, 3.05) is 39.0 Å². The first-order chi connectivity index (χ1) is 24.7. The lowest BCUT2D eigenvalue weighted by Gasteiger charge is -2.37. The van der Waals surface area contributed by atoms with Gasteiger partial charge >= 0.3 is 6.18 Å². The summed E-state index contributed by atoms with van der Waals surface area (Å²) in [6.07, 6.45) is -4.69. The van der Waals surface area contributed by atoms with Crippen LogP contribution in [0.5, 0.6) is 0 Å². The second kappa shape index (κ2) is 15.4. The summed E-state index contributed by atoms with van der Waals surface area (Å²) in [6, 6.07) is 21.9. The fraction of sp³-hybridized carbons (Fsp3) is 0.237. The highest BCUT2D eigenvalue weighted by Gasteiger charge is 2.36. The quantitative estimate of drug-likeness (QED) is 0.200. The van der Waals surface area contributed by atoms with Gasteiger partial charge in [-0.2, -0.15) is 18.4 Å². The van der Waals surface area contributed by atoms with Crippen molar-refractivity contribution >= 4 is 29.3 Å². The van der Waals surface area contributed by atoms with Crippen molar-refractivity contribution in [3.63, 3.8) is 0 Å². The topological polar surface area (TPSA) is 140 Å². The first kappa shape index (κ1) is 37.2. The number of amides is 4. The third kappa shape index (κ3) is 8.44. The third-order valence-corrected chi connectivity index (χ3v) is 8.60. The number of nitrogens with one attached hydrogen (secondary N) is 1. The van der Waals surface area contributed by atoms with Crippen LogP contribution in [0.15, 0.2) is 84.9 Å². The van der Waals surface area contributed by atoms with E-state index in [1.165, 1.54) is 17.0 Å². The Morgan fingerprint density at radius 1 is 0.981 bits per heavy atom. The van der Waals surface area contributed by atoms with Crippen LogP contribution < -0.4 is 11.1 Å². The Morgan fingerprint density at radius 2 is 1.69 bits per heavy atom. The molecule has 268 valence electrons. The molecule has 0 aromatic heterocycles. The monoisotopic (exact) mass is 714 g/mol. The van der Waals surface area contributed by atoms with Gasteiger partial charge in [0.05, 0.1) is 35.3 Å². The highest BCUT2D eigenvalue weighted by atomic mass is 19.4. The molecule has 1 unspecified atom stereocenters. The lowest BCUT2D eigenvalue weighted by molar-refractivity contribution is -0.140. The number of likely N-dealkylation sites (N-methyl/N-ethyl adjacent to an activating group) is 1. The minimum absolute atomic E-state index is 0.0661. The van der Waals surface area contributed by atoms with Crippen molar-refractivity contribution in [2.24, 2.45) is 5.73 Å². The number of nitrogens with two attached hydrogens (primary N) is 1. The first-order valence-electron chi connectivity index (χ1n) is 16.1. The fourth-order valence-electron chi connectivity index (χ4n) is 5.96. The largest absolute Gasteiger partial charge is 0.419 e. The van der Waals surface area contributed by atoms with E-state index in [1.54, 1.807) is 59.5 Å². The summed E-state index contributed by atoms with van der Waals surface area (Å²) >= 11 is 0. The predicted octanol–water partition coefficient (Wildman–Crippen LogP) is 5.40. The molecule has 1 heterocycles. The Labute approximate surface area is 297 Å². The molecule has 4 amide bonds. The number of benzene rings is 4. The van der Waals surface area contributed by atoms with Crippen molar-refractivity contribution in [3.05, 3.63) is 135 Å². The molecule has 0 saturated carbocycles. The maximum absolute atomic E-state index is 14.7. The zero-order valence-corrected chi connectivity index (χ0v) is 28.2. The molecule has 1 aliphatic heterocycles. The smallest absolute Gasteiger partial charge is 0.368 e. The highest BCUT2D eigenvalue weighted by Crippen LogP contribution is 2.37. The maximum Gasteiger partial charge on any atom is 0.419 e. The molecule has 10 nitrogen and oxygen atoms in total. The van der Waals surface area contributed by atoms with Crippen LogP contribution in [-0.4, -0.2) is 72.1 Å². The van der Waals surface area contributed by atoms with Gasteiger partial charge in [-0.3, -0.25) is 19.2 Å². The molecule has 4 aromatic rings. The van der Waals surface area contributed by atoms with Crippen molar-refractivity contribution in [3.8, 4) is 6.07 Å². The highest BCUT2D eigenvalue weighted by molar-refractivity contribution is 6.06. The summed E-state index contributed by atoms with van der Waals surface area (Å²) < 4.78 is 54.5. The predicted molar refractivity (Wildman–Crippen MR) is 183 cm³/mol. The molecule has 5 rings (SSSR count). The van der Waals surface area contributed by atoms with Gasteiger partial charge in [0.1, 0.15) is 5.82 Å². The van der Waals surface area contributed by atoms with Crippen LogP contribution in [0.25, 0.3) is 0 Å². The third-order valence-electron chi connectivity index (χ3n) is 8.60. The summed E-state index contributed by atoms with van der Waals surface area (Å²) in [5.41, 5.74) is 5.96. The molecule has 3 N–H and O–H groups in total. The molecule has 0 aliphatic carbocycles. The van der Waals surface area contributed by atoms with E-state index in [9.17, 15) is 42.0 Å². The second-order valence-electron chi connectivity index (χ2n) is 12.6. The number of nitriles is 1. The number of carbonyl (C=O) groups is 4. The van der Waals surface area contributed by atoms with Gasteiger partial charge in [-0.15, -0.1) is 0 Å². The average Bonchev–Trinajstić information content (AvgIpc) is 3.10. The van der Waals surface area contributed by atoms with E-state index in [4.69, 9.17) is 5.73 Å². The van der Waals surface area contributed by atoms with E-state index >= 15 is 0 Å². The Morgan fingerprint density at radius 3 is 2.35 bits per heavy atom. The van der Waals surface area contributed by atoms with Gasteiger partial charge in [0, 0.05) is 36.4 Å². The summed E-state index contributed by atoms with van der Waals surface area (Å²) in [4.78, 5) is 56.9. The van der Waals surface area contributed by atoms with Crippen molar-refractivity contribution in [1.29, 1.82) is 5.26 Å². The molecule has 0 saturated heterocycles. The lowest BCUT2D eigenvalue weighted by Crippen LogP contribution is -2.42. The van der Waals surface area contributed by atoms with Gasteiger partial charge in [-0.05, 0) is 85.7 Å². The Bertz CT molecular complexity index is 2060. The van der Waals surface area contributed by atoms with E-state index in [1.807, 2.05) is 19.0 Å². The normalized spacial score (nSPS) is 14.1. The molecule has 52 heavy (non-hydrogen) atoms. The summed E-state index contributed by atoms with van der Waals surface area (Å²) in [5.74, 6) is -4.31. The Balaban J connectivity index is 1.44. The molecular weight excluding hydrogens is 680 g/mol. The zero-order valence-electron chi connectivity index (χ0n) is 28.2. The molecule has 0 radical (unpaired) electrons. The van der Waals surface area contributed by atoms with E-state index in [2.05, 4.69) is 11.4 Å². The minimum Gasteiger partial charge on any atom is -0.368 e. The number of anilines is 1. The van der Waals surface area contributed by atoms with Crippen molar-refractivity contribution in [1.82, 2.24) is 14.7 Å². The van der Waals surface area contributed by atoms with Crippen LogP contribution in [0.1, 0.15) is 64.9 Å². The SMILES string of the molecule is CN(C)CCN(CC(N)=O)C(=O)c1ccc(CN2C(=O)c3cc(NC(=O)c4cccc(C(F)(F)F)c4F)ccc3CC2c2cccc(C#N)c2)cc1. The number of alkyl halides is 3. The van der Waals surface area contributed by atoms with E-state index < -0.39 is 46.9 Å². The van der Waals surface area contributed by atoms with Crippen LogP contribution in [0.4, 0.5) is 23.2 Å². The van der Waals surface area contributed by atoms with Crippen LogP contribution in [-0.2, 0) is 23.9 Å². The Kier molecular flexibility index (Phi) is 11.0. The zero-order chi connectivity index (χ0) is 37.7. The van der Waals surface area contributed by atoms with Gasteiger partial charge in [0.25, 0.3) is 17.7 Å². The second-order valence-corrected chi connectivity index (χ2v) is 12.6. The summed E-state index contributed by atoms with van der Waals surface area (Å²) in [7, 11) is 3.68. The van der Waals surface area contributed by atoms with Crippen LogP contribution in [0, 0.1) is 17.1 Å². The lowest BCUT2D eigenvalue weighted by atomic mass is 9.88. The van der Waals surface area contributed by atoms with Gasteiger partial charge < -0.3 is 25.8 Å². The number of hydrogen-bond acceptors (Lipinski definition) is 6. The van der Waals surface area contributed by atoms with Crippen LogP contribution >= 0.6 is 0 Å². The van der Waals surface area contributed by atoms with Gasteiger partial charge in [-0.25, -0.2) is 4.39 Å². The number of halogens is 4. The first-order valence-corrected chi connectivity index (χ1v) is 16.1. The maximum atomic E-state index is 14.7. The molecule has 14 heteroatoms. The van der Waals surface area contributed by atoms with E-state index in [0.717, 1.165) is 12.1 Å². The van der Waals surface area contributed by atoms with Crippen molar-refractivity contribution in [2.45, 2.75) is 25.2 Å². The van der Waals surface area contributed by atoms with Gasteiger partial charge in [0.15, 0.2) is 0 Å². The number of nitrogens with zero attached hydrogens (tertiary/aromatic N) is 4. The number of carbonyl (C=O) groups excluding carboxylic acids is 4. The van der Waals surface area contributed by atoms with E-state index in [-0.39, 0.29) is 36.8 Å². The number of rotatable bonds is 11. The average molecular weight is 715 g/mol. The van der Waals surface area contributed by atoms with Crippen LogP contribution in [0.3, 0.4) is 0 Å². The number of hydrogen-bond donors (Lipinski definition) is 2. The molecular formula is C38H34F4N6O4. The van der Waals surface area contributed by atoms with Gasteiger partial charge in [0.2, 0.25) is 5.91 Å². The summed E-state index contributed by atoms with van der Waals surface area (Å²) in [5, 5.41) is 11.9. The number of primary amides is 1. The minimum atomic E-state index is -5.00. The Hall–Kier alpha value is -6.07. The van der Waals surface area contributed by atoms with Crippen molar-refractivity contribution < 1.29 is 36.7 Å². The molecule has 4 aromatic carbocycles. The van der Waals surface area contributed by atoms with E-state index in [0.29, 0.717) is 46.8 Å². The molecule has 0 bridgehead atoms.